The molecule has 7 nitrogen and oxygen atoms in total. The molecule has 26 heavy (non-hydrogen) atoms. The molecule has 0 aliphatic heterocycles. The molecule has 0 aliphatic rings. The Labute approximate surface area is 153 Å². The number of phenols is 1. The van der Waals surface area contributed by atoms with E-state index in [1.807, 2.05) is 42.5 Å². The fourth-order valence-electron chi connectivity index (χ4n) is 2.50. The first-order chi connectivity index (χ1) is 12.7. The molecule has 0 aliphatic carbocycles. The zero-order valence-electron chi connectivity index (χ0n) is 13.5. The van der Waals surface area contributed by atoms with Crippen LogP contribution in [-0.4, -0.2) is 36.4 Å². The number of benzene rings is 2. The van der Waals surface area contributed by atoms with Gasteiger partial charge in [-0.05, 0) is 36.0 Å². The molecule has 8 heteroatoms. The lowest BCUT2D eigenvalue weighted by molar-refractivity contribution is 0.475. The summed E-state index contributed by atoms with van der Waals surface area (Å²) in [6, 6.07) is 18.5. The summed E-state index contributed by atoms with van der Waals surface area (Å²) in [5, 5.41) is 28.2. The van der Waals surface area contributed by atoms with E-state index in [0.29, 0.717) is 16.3 Å². The molecule has 4 rings (SSSR count). The lowest BCUT2D eigenvalue weighted by Gasteiger charge is -1.98. The van der Waals surface area contributed by atoms with Gasteiger partial charge in [-0.2, -0.15) is 20.0 Å². The molecule has 128 valence electrons. The van der Waals surface area contributed by atoms with Crippen molar-refractivity contribution in [1.29, 1.82) is 0 Å². The number of hydrogen-bond donors (Lipinski definition) is 3. The third-order valence-corrected chi connectivity index (χ3v) is 4.00. The second-order valence-electron chi connectivity index (χ2n) is 5.54. The molecule has 0 spiro atoms. The van der Waals surface area contributed by atoms with Crippen LogP contribution in [0, 0.1) is 4.77 Å². The summed E-state index contributed by atoms with van der Waals surface area (Å²) in [5.41, 5.74) is 3.23. The number of hydrogen-bond acceptors (Lipinski definition) is 5. The van der Waals surface area contributed by atoms with Gasteiger partial charge >= 0.3 is 0 Å². The van der Waals surface area contributed by atoms with Gasteiger partial charge in [-0.25, -0.2) is 5.10 Å². The number of phenolic OH excluding ortho intramolecular Hbond substituents is 1. The summed E-state index contributed by atoms with van der Waals surface area (Å²) >= 11 is 5.26. The molecule has 2 heterocycles. The summed E-state index contributed by atoms with van der Waals surface area (Å²) in [7, 11) is 0. The Morgan fingerprint density at radius 1 is 1.00 bits per heavy atom. The Morgan fingerprint density at radius 2 is 1.85 bits per heavy atom. The van der Waals surface area contributed by atoms with E-state index >= 15 is 0 Å². The predicted molar refractivity (Wildman–Crippen MR) is 102 cm³/mol. The van der Waals surface area contributed by atoms with Crippen LogP contribution in [0.15, 0.2) is 65.8 Å². The van der Waals surface area contributed by atoms with Crippen molar-refractivity contribution in [2.75, 3.05) is 0 Å². The van der Waals surface area contributed by atoms with Gasteiger partial charge in [-0.3, -0.25) is 5.10 Å². The molecule has 2 aromatic heterocycles. The molecule has 0 radical (unpaired) electrons. The highest BCUT2D eigenvalue weighted by molar-refractivity contribution is 7.71. The first-order valence-corrected chi connectivity index (χ1v) is 8.23. The summed E-state index contributed by atoms with van der Waals surface area (Å²) in [5.74, 6) is 0.687. The largest absolute Gasteiger partial charge is 0.508 e. The van der Waals surface area contributed by atoms with Crippen LogP contribution in [0.25, 0.3) is 22.8 Å². The quantitative estimate of drug-likeness (QED) is 0.382. The fraction of sp³-hybridized carbons (Fsp3) is 0. The van der Waals surface area contributed by atoms with Crippen LogP contribution in [0.2, 0.25) is 0 Å². The number of rotatable bonds is 4. The smallest absolute Gasteiger partial charge is 0.216 e. The van der Waals surface area contributed by atoms with Crippen LogP contribution in [0.3, 0.4) is 0 Å². The second-order valence-corrected chi connectivity index (χ2v) is 5.92. The predicted octanol–water partition coefficient (Wildman–Crippen LogP) is 3.59. The van der Waals surface area contributed by atoms with Gasteiger partial charge in [0.2, 0.25) is 10.6 Å². The highest BCUT2D eigenvalue weighted by Crippen LogP contribution is 2.22. The van der Waals surface area contributed by atoms with E-state index in [-0.39, 0.29) is 5.75 Å². The summed E-state index contributed by atoms with van der Waals surface area (Å²) in [4.78, 5) is 0. The zero-order valence-corrected chi connectivity index (χ0v) is 14.3. The van der Waals surface area contributed by atoms with Crippen molar-refractivity contribution in [3.8, 4) is 28.5 Å². The van der Waals surface area contributed by atoms with Crippen molar-refractivity contribution in [2.45, 2.75) is 0 Å². The van der Waals surface area contributed by atoms with Crippen LogP contribution in [0.5, 0.6) is 5.75 Å². The first kappa shape index (κ1) is 16.0. The van der Waals surface area contributed by atoms with Crippen molar-refractivity contribution in [3.63, 3.8) is 0 Å². The van der Waals surface area contributed by atoms with Crippen molar-refractivity contribution < 1.29 is 5.11 Å². The third-order valence-electron chi connectivity index (χ3n) is 3.73. The first-order valence-electron chi connectivity index (χ1n) is 7.83. The van der Waals surface area contributed by atoms with E-state index in [1.54, 1.807) is 24.4 Å². The molecule has 0 bridgehead atoms. The van der Waals surface area contributed by atoms with Gasteiger partial charge in [0, 0.05) is 5.56 Å². The van der Waals surface area contributed by atoms with E-state index in [4.69, 9.17) is 12.2 Å². The highest BCUT2D eigenvalue weighted by Gasteiger charge is 2.12. The van der Waals surface area contributed by atoms with Crippen LogP contribution in [0.1, 0.15) is 5.56 Å². The third kappa shape index (κ3) is 3.17. The number of nitrogens with zero attached hydrogens (tertiary/aromatic N) is 4. The fourth-order valence-corrected chi connectivity index (χ4v) is 2.67. The van der Waals surface area contributed by atoms with Crippen molar-refractivity contribution >= 4 is 18.4 Å². The maximum atomic E-state index is 9.55. The van der Waals surface area contributed by atoms with Crippen LogP contribution in [-0.2, 0) is 0 Å². The lowest BCUT2D eigenvalue weighted by Crippen LogP contribution is -1.95. The number of aromatic amines is 2. The minimum atomic E-state index is 0.172. The molecular weight excluding hydrogens is 348 g/mol. The maximum absolute atomic E-state index is 9.55. The normalized spacial score (nSPS) is 11.2. The minimum absolute atomic E-state index is 0.172. The van der Waals surface area contributed by atoms with E-state index in [0.717, 1.165) is 16.8 Å². The van der Waals surface area contributed by atoms with Gasteiger partial charge < -0.3 is 5.11 Å². The summed E-state index contributed by atoms with van der Waals surface area (Å²) in [6.07, 6.45) is 1.60. The molecule has 0 atom stereocenters. The van der Waals surface area contributed by atoms with Crippen molar-refractivity contribution in [3.05, 3.63) is 71.0 Å². The topological polar surface area (TPSA) is 94.9 Å². The highest BCUT2D eigenvalue weighted by atomic mass is 32.1. The monoisotopic (exact) mass is 362 g/mol. The van der Waals surface area contributed by atoms with Gasteiger partial charge in [0.05, 0.1) is 11.9 Å². The molecule has 0 unspecified atom stereocenters. The lowest BCUT2D eigenvalue weighted by atomic mass is 10.1. The van der Waals surface area contributed by atoms with Crippen LogP contribution >= 0.6 is 12.2 Å². The van der Waals surface area contributed by atoms with Gasteiger partial charge in [-0.1, -0.05) is 42.5 Å². The average molecular weight is 362 g/mol. The molecule has 0 fully saturated rings. The number of nitrogens with one attached hydrogen (secondary N) is 2. The Kier molecular flexibility index (Phi) is 4.16. The number of H-pyrrole nitrogens is 2. The summed E-state index contributed by atoms with van der Waals surface area (Å²) in [6.45, 7) is 0. The van der Waals surface area contributed by atoms with Gasteiger partial charge in [0.15, 0.2) is 0 Å². The summed E-state index contributed by atoms with van der Waals surface area (Å²) < 4.78 is 1.86. The van der Waals surface area contributed by atoms with E-state index in [1.165, 1.54) is 4.68 Å². The molecular formula is C18H14N6OS. The van der Waals surface area contributed by atoms with Crippen molar-refractivity contribution in [2.24, 2.45) is 5.10 Å². The Balaban J connectivity index is 1.69. The van der Waals surface area contributed by atoms with Gasteiger partial charge in [-0.15, -0.1) is 0 Å². The molecule has 3 N–H and O–H groups in total. The average Bonchev–Trinajstić information content (AvgIpc) is 3.28. The van der Waals surface area contributed by atoms with Gasteiger partial charge in [0.25, 0.3) is 0 Å². The minimum Gasteiger partial charge on any atom is -0.508 e. The molecule has 0 saturated carbocycles. The molecule has 4 aromatic rings. The zero-order chi connectivity index (χ0) is 17.9. The van der Waals surface area contributed by atoms with Crippen LogP contribution in [0.4, 0.5) is 0 Å². The molecule has 2 aromatic carbocycles. The molecule has 0 amide bonds. The number of aromatic nitrogens is 5. The Hall–Kier alpha value is -3.52. The number of aromatic hydroxyl groups is 1. The second kappa shape index (κ2) is 6.77. The van der Waals surface area contributed by atoms with Crippen molar-refractivity contribution in [1.82, 2.24) is 25.1 Å². The molecule has 0 saturated heterocycles. The van der Waals surface area contributed by atoms with E-state index in [9.17, 15) is 5.11 Å². The Morgan fingerprint density at radius 3 is 2.65 bits per heavy atom. The van der Waals surface area contributed by atoms with Crippen LogP contribution < -0.4 is 0 Å². The van der Waals surface area contributed by atoms with E-state index in [2.05, 4.69) is 25.5 Å². The van der Waals surface area contributed by atoms with Gasteiger partial charge in [0.1, 0.15) is 11.4 Å². The maximum Gasteiger partial charge on any atom is 0.216 e. The SMILES string of the molecule is Oc1cccc(/C=N/n2c(-c3cc(-c4ccccc4)n[nH]3)n[nH]c2=S)c1. The van der Waals surface area contributed by atoms with E-state index < -0.39 is 0 Å². The standard InChI is InChI=1S/C18H14N6OS/c25-14-8-4-5-12(9-14)11-19-24-17(22-23-18(24)26)16-10-15(20-21-16)13-6-2-1-3-7-13/h1-11,25H,(H,20,21)(H,23,26)/b19-11+. The Bertz CT molecular complexity index is 1130.